The van der Waals surface area contributed by atoms with Crippen molar-refractivity contribution in [1.29, 1.82) is 0 Å². The molecule has 0 radical (unpaired) electrons. The molecule has 0 spiro atoms. The van der Waals surface area contributed by atoms with Crippen LogP contribution in [0.1, 0.15) is 17.7 Å². The number of carbonyl (C=O) groups excluding carboxylic acids is 1. The third-order valence-electron chi connectivity index (χ3n) is 4.47. The number of benzene rings is 1. The first kappa shape index (κ1) is 16.6. The lowest BCUT2D eigenvalue weighted by Gasteiger charge is -2.19. The van der Waals surface area contributed by atoms with Crippen molar-refractivity contribution in [1.82, 2.24) is 15.5 Å². The minimum atomic E-state index is -0.226. The number of aryl methyl sites for hydroxylation is 1. The highest BCUT2D eigenvalue weighted by atomic mass is 35.5. The van der Waals surface area contributed by atoms with E-state index in [1.54, 1.807) is 6.92 Å². The van der Waals surface area contributed by atoms with Gasteiger partial charge in [-0.15, -0.1) is 0 Å². The van der Waals surface area contributed by atoms with Crippen LogP contribution in [0.15, 0.2) is 29.1 Å². The molecule has 0 bridgehead atoms. The van der Waals surface area contributed by atoms with Gasteiger partial charge in [-0.05, 0) is 37.5 Å². The summed E-state index contributed by atoms with van der Waals surface area (Å²) < 4.78 is 0. The number of nitrogens with one attached hydrogen (secondary N) is 3. The fraction of sp³-hybridized carbons (Fsp3) is 0.412. The Balaban J connectivity index is 1.49. The van der Waals surface area contributed by atoms with Gasteiger partial charge >= 0.3 is 0 Å². The molecule has 3 rings (SSSR count). The van der Waals surface area contributed by atoms with E-state index in [0.717, 1.165) is 30.2 Å². The largest absolute Gasteiger partial charge is 0.371 e. The molecule has 0 saturated carbocycles. The smallest absolute Gasteiger partial charge is 0.267 e. The van der Waals surface area contributed by atoms with E-state index in [0.29, 0.717) is 23.7 Å². The van der Waals surface area contributed by atoms with Gasteiger partial charge in [0.05, 0.1) is 6.42 Å². The molecule has 6 nitrogen and oxygen atoms in total. The van der Waals surface area contributed by atoms with E-state index in [9.17, 15) is 9.59 Å². The van der Waals surface area contributed by atoms with E-state index >= 15 is 0 Å². The van der Waals surface area contributed by atoms with Gasteiger partial charge in [0.2, 0.25) is 5.91 Å². The molecule has 1 saturated heterocycles. The normalized spacial score (nSPS) is 17.2. The van der Waals surface area contributed by atoms with Gasteiger partial charge in [0.1, 0.15) is 0 Å². The lowest BCUT2D eigenvalue weighted by atomic mass is 10.1. The first-order valence-corrected chi connectivity index (χ1v) is 8.44. The number of rotatable bonds is 5. The maximum absolute atomic E-state index is 12.1. The van der Waals surface area contributed by atoms with Crippen LogP contribution in [0.4, 0.5) is 5.69 Å². The van der Waals surface area contributed by atoms with Gasteiger partial charge < -0.3 is 15.3 Å². The first-order chi connectivity index (χ1) is 11.5. The van der Waals surface area contributed by atoms with Crippen LogP contribution in [0.5, 0.6) is 0 Å². The van der Waals surface area contributed by atoms with Crippen molar-refractivity contribution in [3.05, 3.63) is 50.9 Å². The number of anilines is 1. The third-order valence-corrected chi connectivity index (χ3v) is 4.71. The van der Waals surface area contributed by atoms with Gasteiger partial charge in [-0.3, -0.25) is 14.7 Å². The van der Waals surface area contributed by atoms with Crippen LogP contribution in [0, 0.1) is 12.8 Å². The van der Waals surface area contributed by atoms with E-state index in [1.807, 2.05) is 24.3 Å². The molecule has 1 fully saturated rings. The maximum Gasteiger partial charge on any atom is 0.267 e. The maximum atomic E-state index is 12.1. The molecule has 2 heterocycles. The molecule has 1 amide bonds. The van der Waals surface area contributed by atoms with Crippen molar-refractivity contribution < 1.29 is 4.79 Å². The van der Waals surface area contributed by atoms with Crippen molar-refractivity contribution in [3.8, 4) is 0 Å². The molecule has 1 aromatic carbocycles. The van der Waals surface area contributed by atoms with Crippen LogP contribution in [0.25, 0.3) is 0 Å². The topological polar surface area (TPSA) is 81.0 Å². The van der Waals surface area contributed by atoms with Crippen LogP contribution < -0.4 is 15.8 Å². The van der Waals surface area contributed by atoms with Crippen molar-refractivity contribution in [2.24, 2.45) is 5.92 Å². The van der Waals surface area contributed by atoms with Gasteiger partial charge in [0.15, 0.2) is 0 Å². The van der Waals surface area contributed by atoms with Crippen LogP contribution in [-0.2, 0) is 11.2 Å². The van der Waals surface area contributed by atoms with Gasteiger partial charge in [-0.2, -0.15) is 0 Å². The van der Waals surface area contributed by atoms with Crippen molar-refractivity contribution >= 4 is 23.2 Å². The average molecular weight is 349 g/mol. The summed E-state index contributed by atoms with van der Waals surface area (Å²) in [7, 11) is 0. The summed E-state index contributed by atoms with van der Waals surface area (Å²) in [4.78, 5) is 25.9. The van der Waals surface area contributed by atoms with Crippen molar-refractivity contribution in [2.45, 2.75) is 19.8 Å². The molecule has 1 atom stereocenters. The Bertz CT molecular complexity index is 783. The second-order valence-electron chi connectivity index (χ2n) is 6.24. The molecule has 3 N–H and O–H groups in total. The summed E-state index contributed by atoms with van der Waals surface area (Å²) in [5.41, 5.74) is 2.10. The summed E-state index contributed by atoms with van der Waals surface area (Å²) in [5, 5.41) is 8.90. The van der Waals surface area contributed by atoms with E-state index in [1.165, 1.54) is 0 Å². The molecule has 1 aliphatic rings. The number of carbonyl (C=O) groups is 1. The van der Waals surface area contributed by atoms with E-state index in [-0.39, 0.29) is 17.9 Å². The zero-order valence-corrected chi connectivity index (χ0v) is 14.3. The summed E-state index contributed by atoms with van der Waals surface area (Å²) in [6.07, 6.45) is 1.13. The molecule has 24 heavy (non-hydrogen) atoms. The van der Waals surface area contributed by atoms with Crippen LogP contribution in [0.2, 0.25) is 5.02 Å². The number of aromatic amines is 2. The molecule has 2 aromatic rings. The quantitative estimate of drug-likeness (QED) is 0.771. The van der Waals surface area contributed by atoms with Crippen molar-refractivity contribution in [2.75, 3.05) is 24.5 Å². The number of H-pyrrole nitrogens is 2. The van der Waals surface area contributed by atoms with Gasteiger partial charge in [-0.1, -0.05) is 17.7 Å². The fourth-order valence-electron chi connectivity index (χ4n) is 3.07. The molecule has 1 aliphatic heterocycles. The van der Waals surface area contributed by atoms with Crippen LogP contribution in [0.3, 0.4) is 0 Å². The zero-order valence-electron chi connectivity index (χ0n) is 13.6. The number of aromatic nitrogens is 2. The average Bonchev–Trinajstić information content (AvgIpc) is 3.15. The summed E-state index contributed by atoms with van der Waals surface area (Å²) in [6, 6.07) is 7.82. The fourth-order valence-corrected chi connectivity index (χ4v) is 3.26. The van der Waals surface area contributed by atoms with Crippen LogP contribution >= 0.6 is 11.6 Å². The Morgan fingerprint density at radius 1 is 1.42 bits per heavy atom. The van der Waals surface area contributed by atoms with Gasteiger partial charge in [0.25, 0.3) is 5.56 Å². The summed E-state index contributed by atoms with van der Waals surface area (Å²) in [5.74, 6) is 0.281. The number of hydrogen-bond acceptors (Lipinski definition) is 3. The number of amides is 1. The lowest BCUT2D eigenvalue weighted by molar-refractivity contribution is -0.120. The van der Waals surface area contributed by atoms with E-state index < -0.39 is 0 Å². The standard InChI is InChI=1S/C17H21ClN4O2/c1-11-15(17(24)21-20-11)8-16(23)19-9-12-5-6-22(10-12)14-4-2-3-13(18)7-14/h2-4,7,12H,5-6,8-10H2,1H3,(H,19,23)(H2,20,21,24). The van der Waals surface area contributed by atoms with E-state index in [2.05, 4.69) is 20.4 Å². The number of halogens is 1. The summed E-state index contributed by atoms with van der Waals surface area (Å²) >= 11 is 6.04. The minimum absolute atomic E-state index is 0.107. The monoisotopic (exact) mass is 348 g/mol. The van der Waals surface area contributed by atoms with Gasteiger partial charge in [-0.25, -0.2) is 0 Å². The Hall–Kier alpha value is -2.21. The molecule has 0 aliphatic carbocycles. The van der Waals surface area contributed by atoms with Crippen molar-refractivity contribution in [3.63, 3.8) is 0 Å². The lowest BCUT2D eigenvalue weighted by Crippen LogP contribution is -2.33. The number of nitrogens with zero attached hydrogens (tertiary/aromatic N) is 1. The van der Waals surface area contributed by atoms with Gasteiger partial charge in [0, 0.05) is 41.6 Å². The molecule has 128 valence electrons. The Kier molecular flexibility index (Phi) is 4.94. The molecule has 1 aromatic heterocycles. The first-order valence-electron chi connectivity index (χ1n) is 8.06. The third kappa shape index (κ3) is 3.82. The molecular formula is C17H21ClN4O2. The molecular weight excluding hydrogens is 328 g/mol. The zero-order chi connectivity index (χ0) is 17.1. The minimum Gasteiger partial charge on any atom is -0.371 e. The Labute approximate surface area is 145 Å². The predicted molar refractivity (Wildman–Crippen MR) is 94.6 cm³/mol. The Morgan fingerprint density at radius 2 is 2.25 bits per heavy atom. The Morgan fingerprint density at radius 3 is 2.96 bits per heavy atom. The SMILES string of the molecule is Cc1[nH][nH]c(=O)c1CC(=O)NCC1CCN(c2cccc(Cl)c2)C1. The summed E-state index contributed by atoms with van der Waals surface area (Å²) in [6.45, 7) is 4.25. The highest BCUT2D eigenvalue weighted by Gasteiger charge is 2.23. The molecule has 7 heteroatoms. The second kappa shape index (κ2) is 7.13. The second-order valence-corrected chi connectivity index (χ2v) is 6.68. The molecule has 1 unspecified atom stereocenters. The number of hydrogen-bond donors (Lipinski definition) is 3. The van der Waals surface area contributed by atoms with Crippen LogP contribution in [-0.4, -0.2) is 35.7 Å². The highest BCUT2D eigenvalue weighted by Crippen LogP contribution is 2.25. The highest BCUT2D eigenvalue weighted by molar-refractivity contribution is 6.30. The van der Waals surface area contributed by atoms with E-state index in [4.69, 9.17) is 11.6 Å². The predicted octanol–water partition coefficient (Wildman–Crippen LogP) is 1.85.